The molecule has 0 saturated carbocycles. The van der Waals surface area contributed by atoms with Crippen molar-refractivity contribution in [2.24, 2.45) is 0 Å². The molecule has 0 nitrogen and oxygen atoms in total. The van der Waals surface area contributed by atoms with Crippen molar-refractivity contribution in [3.05, 3.63) is 44.0 Å². The Morgan fingerprint density at radius 1 is 0.524 bits per heavy atom. The number of thiophene rings is 3. The summed E-state index contributed by atoms with van der Waals surface area (Å²) in [7, 11) is 0. The standard InChI is InChI=1S/C16H6Br2S3/c17-15-3-7-1-9-10-2-8-4-16(18)21-12(8)6-14(10)19-13(9)5-11(7)20-15/h1-6H. The van der Waals surface area contributed by atoms with Crippen LogP contribution in [0.3, 0.4) is 0 Å². The Hall–Kier alpha value is -0.460. The molecule has 2 aromatic carbocycles. The van der Waals surface area contributed by atoms with Crippen LogP contribution in [-0.2, 0) is 0 Å². The fourth-order valence-corrected chi connectivity index (χ4v) is 7.23. The molecule has 5 aromatic rings. The fraction of sp³-hybridized carbons (Fsp3) is 0. The molecule has 0 amide bonds. The lowest BCUT2D eigenvalue weighted by molar-refractivity contribution is 1.99. The smallest absolute Gasteiger partial charge is 0.0711 e. The van der Waals surface area contributed by atoms with Gasteiger partial charge in [0.25, 0.3) is 0 Å². The fourth-order valence-electron chi connectivity index (χ4n) is 2.78. The third-order valence-electron chi connectivity index (χ3n) is 3.69. The number of benzene rings is 2. The van der Waals surface area contributed by atoms with Gasteiger partial charge in [0.2, 0.25) is 0 Å². The van der Waals surface area contributed by atoms with Crippen LogP contribution in [0.25, 0.3) is 40.3 Å². The topological polar surface area (TPSA) is 0 Å². The summed E-state index contributed by atoms with van der Waals surface area (Å²) < 4.78 is 7.86. The number of hydrogen-bond acceptors (Lipinski definition) is 3. The summed E-state index contributed by atoms with van der Waals surface area (Å²) in [6.45, 7) is 0. The van der Waals surface area contributed by atoms with E-state index in [0.29, 0.717) is 0 Å². The Morgan fingerprint density at radius 3 is 1.48 bits per heavy atom. The maximum Gasteiger partial charge on any atom is 0.0711 e. The van der Waals surface area contributed by atoms with Crippen LogP contribution < -0.4 is 0 Å². The molecule has 3 heterocycles. The van der Waals surface area contributed by atoms with Gasteiger partial charge in [0, 0.05) is 29.6 Å². The zero-order valence-corrected chi connectivity index (χ0v) is 16.1. The van der Waals surface area contributed by atoms with Crippen molar-refractivity contribution in [3.63, 3.8) is 0 Å². The minimum atomic E-state index is 1.20. The summed E-state index contributed by atoms with van der Waals surface area (Å²) in [5.41, 5.74) is 0. The van der Waals surface area contributed by atoms with Gasteiger partial charge in [-0.05, 0) is 79.0 Å². The molecule has 5 rings (SSSR count). The molecule has 0 N–H and O–H groups in total. The summed E-state index contributed by atoms with van der Waals surface area (Å²) in [5, 5.41) is 5.39. The highest BCUT2D eigenvalue weighted by molar-refractivity contribution is 9.11. The second-order valence-corrected chi connectivity index (χ2v) is 11.0. The Labute approximate surface area is 149 Å². The van der Waals surface area contributed by atoms with Crippen molar-refractivity contribution < 1.29 is 0 Å². The Morgan fingerprint density at radius 2 is 1.00 bits per heavy atom. The molecule has 5 heteroatoms. The lowest BCUT2D eigenvalue weighted by Gasteiger charge is -1.94. The predicted molar refractivity (Wildman–Crippen MR) is 105 cm³/mol. The third kappa shape index (κ3) is 1.95. The van der Waals surface area contributed by atoms with Crippen LogP contribution in [0.5, 0.6) is 0 Å². The van der Waals surface area contributed by atoms with E-state index < -0.39 is 0 Å². The molecule has 0 unspecified atom stereocenters. The zero-order chi connectivity index (χ0) is 14.1. The van der Waals surface area contributed by atoms with Crippen molar-refractivity contribution in [2.75, 3.05) is 0 Å². The molecule has 0 atom stereocenters. The Kier molecular flexibility index (Phi) is 2.80. The Bertz CT molecular complexity index is 1070. The van der Waals surface area contributed by atoms with E-state index in [1.54, 1.807) is 22.7 Å². The maximum atomic E-state index is 3.59. The number of hydrogen-bond donors (Lipinski definition) is 0. The third-order valence-corrected chi connectivity index (χ3v) is 8.00. The maximum absolute atomic E-state index is 3.59. The first-order chi connectivity index (χ1) is 10.2. The first kappa shape index (κ1) is 13.0. The van der Waals surface area contributed by atoms with E-state index in [9.17, 15) is 0 Å². The molecule has 21 heavy (non-hydrogen) atoms. The van der Waals surface area contributed by atoms with Crippen LogP contribution in [-0.4, -0.2) is 0 Å². The average Bonchev–Trinajstić information content (AvgIpc) is 3.05. The van der Waals surface area contributed by atoms with Gasteiger partial charge in [-0.3, -0.25) is 0 Å². The summed E-state index contributed by atoms with van der Waals surface area (Å²) in [6.07, 6.45) is 0. The van der Waals surface area contributed by atoms with E-state index in [1.165, 1.54) is 47.9 Å². The molecule has 0 bridgehead atoms. The van der Waals surface area contributed by atoms with Gasteiger partial charge >= 0.3 is 0 Å². The van der Waals surface area contributed by atoms with Crippen LogP contribution in [0.15, 0.2) is 44.0 Å². The molecule has 0 aliphatic rings. The Balaban J connectivity index is 1.97. The molecule has 0 aliphatic carbocycles. The quantitative estimate of drug-likeness (QED) is 0.222. The SMILES string of the molecule is Brc1cc2cc3c(cc2s1)sc1cc2sc(Br)cc2cc13. The second kappa shape index (κ2) is 4.52. The van der Waals surface area contributed by atoms with E-state index in [1.807, 2.05) is 11.3 Å². The average molecular weight is 454 g/mol. The molecule has 0 aliphatic heterocycles. The lowest BCUT2D eigenvalue weighted by Crippen LogP contribution is -1.67. The van der Waals surface area contributed by atoms with E-state index in [4.69, 9.17) is 0 Å². The minimum absolute atomic E-state index is 1.20. The molecule has 0 radical (unpaired) electrons. The molecular formula is C16H6Br2S3. The first-order valence-corrected chi connectivity index (χ1v) is 10.4. The van der Waals surface area contributed by atoms with Gasteiger partial charge in [0.05, 0.1) is 7.57 Å². The largest absolute Gasteiger partial charge is 0.135 e. The van der Waals surface area contributed by atoms with Crippen LogP contribution in [0, 0.1) is 0 Å². The first-order valence-electron chi connectivity index (χ1n) is 6.32. The summed E-state index contributed by atoms with van der Waals surface area (Å²) in [4.78, 5) is 0. The molecule has 0 spiro atoms. The van der Waals surface area contributed by atoms with Gasteiger partial charge in [-0.25, -0.2) is 0 Å². The molecule has 102 valence electrons. The summed E-state index contributed by atoms with van der Waals surface area (Å²) in [6, 6.07) is 13.7. The van der Waals surface area contributed by atoms with Crippen molar-refractivity contribution in [1.29, 1.82) is 0 Å². The highest BCUT2D eigenvalue weighted by Crippen LogP contribution is 2.42. The summed E-state index contributed by atoms with van der Waals surface area (Å²) >= 11 is 12.7. The van der Waals surface area contributed by atoms with Gasteiger partial charge < -0.3 is 0 Å². The van der Waals surface area contributed by atoms with E-state index in [0.717, 1.165) is 0 Å². The van der Waals surface area contributed by atoms with Crippen molar-refractivity contribution in [2.45, 2.75) is 0 Å². The minimum Gasteiger partial charge on any atom is -0.135 e. The van der Waals surface area contributed by atoms with Crippen molar-refractivity contribution in [3.8, 4) is 0 Å². The molecule has 3 aromatic heterocycles. The van der Waals surface area contributed by atoms with Gasteiger partial charge in [-0.1, -0.05) is 0 Å². The number of halogens is 2. The van der Waals surface area contributed by atoms with Crippen LogP contribution >= 0.6 is 65.9 Å². The highest BCUT2D eigenvalue weighted by Gasteiger charge is 2.10. The van der Waals surface area contributed by atoms with E-state index in [-0.39, 0.29) is 0 Å². The van der Waals surface area contributed by atoms with Gasteiger partial charge in [-0.2, -0.15) is 0 Å². The number of rotatable bonds is 0. The van der Waals surface area contributed by atoms with E-state index in [2.05, 4.69) is 68.3 Å². The van der Waals surface area contributed by atoms with Gasteiger partial charge in [0.15, 0.2) is 0 Å². The predicted octanol–water partition coefficient (Wildman–Crippen LogP) is 8.01. The van der Waals surface area contributed by atoms with Crippen molar-refractivity contribution >= 4 is 106 Å². The van der Waals surface area contributed by atoms with Crippen LogP contribution in [0.2, 0.25) is 0 Å². The zero-order valence-electron chi connectivity index (χ0n) is 10.4. The molecule has 0 fully saturated rings. The van der Waals surface area contributed by atoms with Crippen LogP contribution in [0.4, 0.5) is 0 Å². The van der Waals surface area contributed by atoms with Gasteiger partial charge in [-0.15, -0.1) is 34.0 Å². The number of fused-ring (bicyclic) bond motifs is 5. The molecule has 0 saturated heterocycles. The highest BCUT2D eigenvalue weighted by atomic mass is 79.9. The normalized spacial score (nSPS) is 12.3. The summed E-state index contributed by atoms with van der Waals surface area (Å²) in [5.74, 6) is 0. The van der Waals surface area contributed by atoms with E-state index >= 15 is 0 Å². The second-order valence-electron chi connectivity index (χ2n) is 4.98. The van der Waals surface area contributed by atoms with Gasteiger partial charge in [0.1, 0.15) is 0 Å². The lowest BCUT2D eigenvalue weighted by atomic mass is 10.1. The monoisotopic (exact) mass is 452 g/mol. The van der Waals surface area contributed by atoms with Crippen LogP contribution in [0.1, 0.15) is 0 Å². The molecular weight excluding hydrogens is 448 g/mol. The van der Waals surface area contributed by atoms with Crippen molar-refractivity contribution in [1.82, 2.24) is 0 Å².